The van der Waals surface area contributed by atoms with Crippen molar-refractivity contribution in [1.29, 1.82) is 0 Å². The van der Waals surface area contributed by atoms with E-state index >= 15 is 0 Å². The number of phosphoric acid groups is 1. The van der Waals surface area contributed by atoms with E-state index in [1.807, 2.05) is 0 Å². The molecule has 10 heteroatoms. The zero-order valence-corrected chi connectivity index (χ0v) is 35.7. The van der Waals surface area contributed by atoms with Gasteiger partial charge < -0.3 is 20.1 Å². The summed E-state index contributed by atoms with van der Waals surface area (Å²) in [6, 6.07) is 0. The summed E-state index contributed by atoms with van der Waals surface area (Å²) in [4.78, 5) is 34.8. The van der Waals surface area contributed by atoms with Gasteiger partial charge in [0.25, 0.3) is 0 Å². The highest BCUT2D eigenvalue weighted by atomic mass is 31.2. The summed E-state index contributed by atoms with van der Waals surface area (Å²) in [6.45, 7) is 3.76. The first-order chi connectivity index (χ1) is 25.8. The molecule has 53 heavy (non-hydrogen) atoms. The Morgan fingerprint density at radius 3 is 1.15 bits per heavy atom. The first kappa shape index (κ1) is 52.0. The third-order valence-corrected chi connectivity index (χ3v) is 11.0. The SMILES string of the molecule is CCCCCCCCCCCCCCCCCCCCCCCC(=O)OC[C@@H](COP(=O)(O)OCCN)OC(=O)CCCCCCCCCCCCC. The predicted octanol–water partition coefficient (Wildman–Crippen LogP) is 12.8. The number of carbonyl (C=O) groups excluding carboxylic acids is 2. The van der Waals surface area contributed by atoms with E-state index in [0.717, 1.165) is 32.1 Å². The van der Waals surface area contributed by atoms with Gasteiger partial charge in [0.05, 0.1) is 13.2 Å². The second kappa shape index (κ2) is 40.7. The Bertz CT molecular complexity index is 845. The van der Waals surface area contributed by atoms with Crippen molar-refractivity contribution in [2.75, 3.05) is 26.4 Å². The van der Waals surface area contributed by atoms with E-state index in [4.69, 9.17) is 24.3 Å². The molecule has 0 saturated heterocycles. The third-order valence-electron chi connectivity index (χ3n) is 9.99. The first-order valence-corrected chi connectivity index (χ1v) is 24.0. The van der Waals surface area contributed by atoms with Crippen molar-refractivity contribution >= 4 is 19.8 Å². The lowest BCUT2D eigenvalue weighted by molar-refractivity contribution is -0.161. The van der Waals surface area contributed by atoms with Crippen LogP contribution in [0.4, 0.5) is 0 Å². The van der Waals surface area contributed by atoms with E-state index in [-0.39, 0.29) is 38.6 Å². The van der Waals surface area contributed by atoms with Gasteiger partial charge in [0.15, 0.2) is 6.10 Å². The van der Waals surface area contributed by atoms with Crippen molar-refractivity contribution in [3.05, 3.63) is 0 Å². The summed E-state index contributed by atoms with van der Waals surface area (Å²) in [5.41, 5.74) is 5.34. The van der Waals surface area contributed by atoms with Crippen LogP contribution in [0.15, 0.2) is 0 Å². The molecule has 0 aliphatic heterocycles. The monoisotopic (exact) mass is 776 g/mol. The van der Waals surface area contributed by atoms with E-state index in [0.29, 0.717) is 6.42 Å². The van der Waals surface area contributed by atoms with Crippen LogP contribution in [0.2, 0.25) is 0 Å². The van der Waals surface area contributed by atoms with Crippen molar-refractivity contribution in [2.45, 2.75) is 238 Å². The molecule has 0 aliphatic carbocycles. The van der Waals surface area contributed by atoms with E-state index in [1.54, 1.807) is 0 Å². The van der Waals surface area contributed by atoms with Gasteiger partial charge in [-0.2, -0.15) is 0 Å². The smallest absolute Gasteiger partial charge is 0.462 e. The Balaban J connectivity index is 3.99. The summed E-state index contributed by atoms with van der Waals surface area (Å²) in [5, 5.41) is 0. The molecule has 0 fully saturated rings. The van der Waals surface area contributed by atoms with Crippen molar-refractivity contribution in [3.63, 3.8) is 0 Å². The number of rotatable bonds is 43. The lowest BCUT2D eigenvalue weighted by Gasteiger charge is -2.19. The fraction of sp³-hybridized carbons (Fsp3) is 0.953. The minimum Gasteiger partial charge on any atom is -0.462 e. The van der Waals surface area contributed by atoms with Crippen LogP contribution >= 0.6 is 7.82 Å². The normalized spacial score (nSPS) is 13.2. The minimum absolute atomic E-state index is 0.0580. The molecular weight excluding hydrogens is 689 g/mol. The zero-order chi connectivity index (χ0) is 38.9. The number of phosphoric ester groups is 1. The van der Waals surface area contributed by atoms with Crippen LogP contribution in [-0.2, 0) is 32.7 Å². The van der Waals surface area contributed by atoms with Crippen molar-refractivity contribution in [3.8, 4) is 0 Å². The number of nitrogens with two attached hydrogens (primary N) is 1. The summed E-state index contributed by atoms with van der Waals surface area (Å²) >= 11 is 0. The average molecular weight is 776 g/mol. The molecule has 0 amide bonds. The molecule has 0 rings (SSSR count). The minimum atomic E-state index is -4.37. The molecule has 3 N–H and O–H groups in total. The Morgan fingerprint density at radius 1 is 0.491 bits per heavy atom. The highest BCUT2D eigenvalue weighted by Crippen LogP contribution is 2.43. The number of hydrogen-bond donors (Lipinski definition) is 2. The van der Waals surface area contributed by atoms with Gasteiger partial charge in [-0.1, -0.05) is 206 Å². The summed E-state index contributed by atoms with van der Waals surface area (Å²) in [5.74, 6) is -0.814. The maximum absolute atomic E-state index is 12.5. The average Bonchev–Trinajstić information content (AvgIpc) is 3.14. The molecule has 0 aromatic heterocycles. The standard InChI is InChI=1S/C43H86NO8P/c1-3-5-7-9-11-13-15-16-17-18-19-20-21-22-23-24-26-27-29-31-33-35-42(45)49-39-41(40-51-53(47,48)50-38-37-44)52-43(46)36-34-32-30-28-25-14-12-10-8-6-4-2/h41H,3-40,44H2,1-2H3,(H,47,48)/t41-/m0/s1. The molecule has 0 radical (unpaired) electrons. The van der Waals surface area contributed by atoms with Crippen LogP contribution in [0.3, 0.4) is 0 Å². The number of carbonyl (C=O) groups is 2. The van der Waals surface area contributed by atoms with Crippen molar-refractivity contribution in [1.82, 2.24) is 0 Å². The molecule has 0 aromatic carbocycles. The van der Waals surface area contributed by atoms with Gasteiger partial charge in [-0.25, -0.2) is 4.57 Å². The first-order valence-electron chi connectivity index (χ1n) is 22.5. The lowest BCUT2D eigenvalue weighted by Crippen LogP contribution is -2.29. The van der Waals surface area contributed by atoms with Crippen LogP contribution < -0.4 is 5.73 Å². The van der Waals surface area contributed by atoms with Gasteiger partial charge in [-0.05, 0) is 12.8 Å². The molecule has 0 bridgehead atoms. The number of hydrogen-bond acceptors (Lipinski definition) is 8. The van der Waals surface area contributed by atoms with Crippen molar-refractivity contribution < 1.29 is 37.6 Å². The topological polar surface area (TPSA) is 134 Å². The highest BCUT2D eigenvalue weighted by molar-refractivity contribution is 7.47. The molecule has 0 aromatic rings. The lowest BCUT2D eigenvalue weighted by atomic mass is 10.0. The zero-order valence-electron chi connectivity index (χ0n) is 34.8. The largest absolute Gasteiger partial charge is 0.472 e. The Hall–Kier alpha value is -0.990. The number of esters is 2. The van der Waals surface area contributed by atoms with Gasteiger partial charge in [-0.3, -0.25) is 18.6 Å². The van der Waals surface area contributed by atoms with E-state index in [9.17, 15) is 19.0 Å². The van der Waals surface area contributed by atoms with Gasteiger partial charge in [0.2, 0.25) is 0 Å². The second-order valence-electron chi connectivity index (χ2n) is 15.3. The molecule has 9 nitrogen and oxygen atoms in total. The van der Waals surface area contributed by atoms with Crippen LogP contribution in [0.5, 0.6) is 0 Å². The maximum atomic E-state index is 12.5. The molecule has 0 saturated carbocycles. The quantitative estimate of drug-likeness (QED) is 0.0352. The summed E-state index contributed by atoms with van der Waals surface area (Å²) in [7, 11) is -4.37. The third kappa shape index (κ3) is 40.5. The molecule has 0 spiro atoms. The molecule has 2 atom stereocenters. The van der Waals surface area contributed by atoms with Crippen LogP contribution in [0.25, 0.3) is 0 Å². The van der Waals surface area contributed by atoms with E-state index in [1.165, 1.54) is 167 Å². The van der Waals surface area contributed by atoms with Crippen LogP contribution in [0, 0.1) is 0 Å². The molecule has 1 unspecified atom stereocenters. The second-order valence-corrected chi connectivity index (χ2v) is 16.7. The Labute approximate surface area is 327 Å². The van der Waals surface area contributed by atoms with E-state index < -0.39 is 26.5 Å². The molecular formula is C43H86NO8P. The van der Waals surface area contributed by atoms with Crippen LogP contribution in [0.1, 0.15) is 232 Å². The van der Waals surface area contributed by atoms with E-state index in [2.05, 4.69) is 13.8 Å². The number of ether oxygens (including phenoxy) is 2. The maximum Gasteiger partial charge on any atom is 0.472 e. The predicted molar refractivity (Wildman–Crippen MR) is 220 cm³/mol. The fourth-order valence-corrected chi connectivity index (χ4v) is 7.40. The van der Waals surface area contributed by atoms with Crippen LogP contribution in [-0.4, -0.2) is 49.3 Å². The molecule has 316 valence electrons. The van der Waals surface area contributed by atoms with Gasteiger partial charge in [0, 0.05) is 19.4 Å². The van der Waals surface area contributed by atoms with Gasteiger partial charge in [-0.15, -0.1) is 0 Å². The molecule has 0 aliphatic rings. The van der Waals surface area contributed by atoms with Gasteiger partial charge in [0.1, 0.15) is 6.61 Å². The summed E-state index contributed by atoms with van der Waals surface area (Å²) < 4.78 is 32.8. The fourth-order valence-electron chi connectivity index (χ4n) is 6.64. The Morgan fingerprint density at radius 2 is 0.811 bits per heavy atom. The Kier molecular flexibility index (Phi) is 39.9. The molecule has 0 heterocycles. The number of unbranched alkanes of at least 4 members (excludes halogenated alkanes) is 30. The summed E-state index contributed by atoms with van der Waals surface area (Å²) in [6.07, 6.45) is 40.0. The van der Waals surface area contributed by atoms with Crippen molar-refractivity contribution in [2.24, 2.45) is 5.73 Å². The van der Waals surface area contributed by atoms with Gasteiger partial charge >= 0.3 is 19.8 Å². The highest BCUT2D eigenvalue weighted by Gasteiger charge is 2.26.